The van der Waals surface area contributed by atoms with E-state index in [4.69, 9.17) is 4.74 Å². The molecular formula is C18H12N2O3S2. The van der Waals surface area contributed by atoms with Gasteiger partial charge in [-0.25, -0.2) is 9.78 Å². The quantitative estimate of drug-likeness (QED) is 0.539. The fourth-order valence-corrected chi connectivity index (χ4v) is 4.41. The summed E-state index contributed by atoms with van der Waals surface area (Å²) in [6.07, 6.45) is 0. The minimum atomic E-state index is -0.467. The first-order chi connectivity index (χ1) is 12.2. The normalized spacial score (nSPS) is 10.9. The summed E-state index contributed by atoms with van der Waals surface area (Å²) >= 11 is 2.83. The topological polar surface area (TPSA) is 68.3 Å². The highest BCUT2D eigenvalue weighted by Gasteiger charge is 2.21. The fourth-order valence-electron chi connectivity index (χ4n) is 2.61. The summed E-state index contributed by atoms with van der Waals surface area (Å²) in [4.78, 5) is 29.0. The average molecular weight is 368 g/mol. The number of nitrogens with zero attached hydrogens (tertiary/aromatic N) is 1. The van der Waals surface area contributed by atoms with Gasteiger partial charge in [0.1, 0.15) is 10.6 Å². The molecule has 1 amide bonds. The second-order valence-corrected chi connectivity index (χ2v) is 7.22. The molecule has 2 aromatic carbocycles. The Morgan fingerprint density at radius 2 is 1.96 bits per heavy atom. The predicted octanol–water partition coefficient (Wildman–Crippen LogP) is 4.55. The highest BCUT2D eigenvalue weighted by molar-refractivity contribution is 7.23. The van der Waals surface area contributed by atoms with E-state index in [0.29, 0.717) is 16.1 Å². The molecule has 0 aliphatic rings. The number of thiophene rings is 1. The van der Waals surface area contributed by atoms with Gasteiger partial charge in [-0.3, -0.25) is 4.79 Å². The Morgan fingerprint density at radius 3 is 2.80 bits per heavy atom. The number of carbonyl (C=O) groups excluding carboxylic acids is 2. The molecule has 7 heteroatoms. The van der Waals surface area contributed by atoms with Crippen molar-refractivity contribution >= 4 is 59.9 Å². The Labute approximate surface area is 150 Å². The van der Waals surface area contributed by atoms with Crippen LogP contribution in [0.15, 0.2) is 48.0 Å². The largest absolute Gasteiger partial charge is 0.465 e. The van der Waals surface area contributed by atoms with E-state index in [0.717, 1.165) is 20.3 Å². The Kier molecular flexibility index (Phi) is 3.95. The molecule has 1 N–H and O–H groups in total. The first kappa shape index (κ1) is 15.7. The average Bonchev–Trinajstić information content (AvgIpc) is 3.24. The standard InChI is InChI=1S/C18H12N2O3S2/c1-23-18(22)15-11-4-2-3-5-13(11)25-17(15)20-16(21)10-6-7-12-14(8-10)24-9-19-12/h2-9H,1H3,(H,20,21). The summed E-state index contributed by atoms with van der Waals surface area (Å²) in [5.74, 6) is -0.738. The molecule has 0 fully saturated rings. The smallest absolute Gasteiger partial charge is 0.341 e. The lowest BCUT2D eigenvalue weighted by molar-refractivity contribution is 0.0604. The van der Waals surface area contributed by atoms with Crippen molar-refractivity contribution < 1.29 is 14.3 Å². The van der Waals surface area contributed by atoms with Crippen LogP contribution in [0.5, 0.6) is 0 Å². The van der Waals surface area contributed by atoms with Gasteiger partial charge in [-0.1, -0.05) is 18.2 Å². The molecule has 2 aromatic heterocycles. The van der Waals surface area contributed by atoms with Crippen molar-refractivity contribution in [2.75, 3.05) is 12.4 Å². The van der Waals surface area contributed by atoms with Gasteiger partial charge in [0.15, 0.2) is 0 Å². The lowest BCUT2D eigenvalue weighted by Crippen LogP contribution is -2.13. The molecule has 4 rings (SSSR count). The zero-order valence-electron chi connectivity index (χ0n) is 13.1. The Morgan fingerprint density at radius 1 is 1.12 bits per heavy atom. The van der Waals surface area contributed by atoms with Gasteiger partial charge in [0, 0.05) is 15.6 Å². The number of hydrogen-bond donors (Lipinski definition) is 1. The number of amides is 1. The summed E-state index contributed by atoms with van der Waals surface area (Å²) in [7, 11) is 1.33. The van der Waals surface area contributed by atoms with Gasteiger partial charge in [0.25, 0.3) is 5.91 Å². The number of aromatic nitrogens is 1. The maximum absolute atomic E-state index is 12.6. The maximum Gasteiger partial charge on any atom is 0.341 e. The maximum atomic E-state index is 12.6. The lowest BCUT2D eigenvalue weighted by atomic mass is 10.1. The van der Waals surface area contributed by atoms with Crippen LogP contribution < -0.4 is 5.32 Å². The van der Waals surface area contributed by atoms with Crippen molar-refractivity contribution in [2.24, 2.45) is 0 Å². The number of hydrogen-bond acceptors (Lipinski definition) is 6. The van der Waals surface area contributed by atoms with Crippen LogP contribution in [0.25, 0.3) is 20.3 Å². The van der Waals surface area contributed by atoms with Crippen LogP contribution in [0.4, 0.5) is 5.00 Å². The van der Waals surface area contributed by atoms with Crippen LogP contribution >= 0.6 is 22.7 Å². The molecule has 5 nitrogen and oxygen atoms in total. The highest BCUT2D eigenvalue weighted by atomic mass is 32.1. The van der Waals surface area contributed by atoms with Gasteiger partial charge < -0.3 is 10.1 Å². The third-order valence-corrected chi connectivity index (χ3v) is 5.68. The third kappa shape index (κ3) is 2.77. The SMILES string of the molecule is COC(=O)c1c(NC(=O)c2ccc3ncsc3c2)sc2ccccc12. The molecule has 0 unspecified atom stereocenters. The molecular weight excluding hydrogens is 356 g/mol. The van der Waals surface area contributed by atoms with Crippen molar-refractivity contribution in [2.45, 2.75) is 0 Å². The first-order valence-corrected chi connectivity index (χ1v) is 9.11. The van der Waals surface area contributed by atoms with E-state index < -0.39 is 5.97 Å². The van der Waals surface area contributed by atoms with Crippen LogP contribution in [0.3, 0.4) is 0 Å². The van der Waals surface area contributed by atoms with E-state index in [1.165, 1.54) is 29.8 Å². The molecule has 0 saturated carbocycles. The van der Waals surface area contributed by atoms with Crippen molar-refractivity contribution in [3.8, 4) is 0 Å². The number of methoxy groups -OCH3 is 1. The molecule has 4 aromatic rings. The number of thiazole rings is 1. The Hall–Kier alpha value is -2.77. The Bertz CT molecular complexity index is 1110. The fraction of sp³-hybridized carbons (Fsp3) is 0.0556. The van der Waals surface area contributed by atoms with Crippen LogP contribution in [0, 0.1) is 0 Å². The van der Waals surface area contributed by atoms with Crippen LogP contribution in [0.2, 0.25) is 0 Å². The van der Waals surface area contributed by atoms with E-state index >= 15 is 0 Å². The van der Waals surface area contributed by atoms with Gasteiger partial charge in [0.2, 0.25) is 0 Å². The minimum Gasteiger partial charge on any atom is -0.465 e. The molecule has 0 aliphatic heterocycles. The summed E-state index contributed by atoms with van der Waals surface area (Å²) in [6.45, 7) is 0. The molecule has 2 heterocycles. The molecule has 0 atom stereocenters. The molecule has 0 aliphatic carbocycles. The second-order valence-electron chi connectivity index (χ2n) is 5.28. The predicted molar refractivity (Wildman–Crippen MR) is 101 cm³/mol. The number of fused-ring (bicyclic) bond motifs is 2. The monoisotopic (exact) mass is 368 g/mol. The lowest BCUT2D eigenvalue weighted by Gasteiger charge is -2.06. The summed E-state index contributed by atoms with van der Waals surface area (Å²) in [6, 6.07) is 12.8. The van der Waals surface area contributed by atoms with E-state index in [9.17, 15) is 9.59 Å². The molecule has 0 spiro atoms. The first-order valence-electron chi connectivity index (χ1n) is 7.42. The van der Waals surface area contributed by atoms with Crippen LogP contribution in [-0.4, -0.2) is 24.0 Å². The van der Waals surface area contributed by atoms with E-state index in [1.807, 2.05) is 30.3 Å². The number of esters is 1. The minimum absolute atomic E-state index is 0.271. The van der Waals surface area contributed by atoms with Gasteiger partial charge >= 0.3 is 5.97 Å². The van der Waals surface area contributed by atoms with Crippen molar-refractivity contribution in [1.82, 2.24) is 4.98 Å². The Balaban J connectivity index is 1.74. The van der Waals surface area contributed by atoms with Crippen LogP contribution in [-0.2, 0) is 4.74 Å². The zero-order chi connectivity index (χ0) is 17.4. The van der Waals surface area contributed by atoms with E-state index in [-0.39, 0.29) is 5.91 Å². The van der Waals surface area contributed by atoms with Gasteiger partial charge in [-0.05, 0) is 24.3 Å². The van der Waals surface area contributed by atoms with Gasteiger partial charge in [-0.2, -0.15) is 0 Å². The number of rotatable bonds is 3. The zero-order valence-corrected chi connectivity index (χ0v) is 14.7. The highest BCUT2D eigenvalue weighted by Crippen LogP contribution is 2.36. The number of carbonyl (C=O) groups is 2. The van der Waals surface area contributed by atoms with E-state index in [1.54, 1.807) is 17.6 Å². The molecule has 124 valence electrons. The van der Waals surface area contributed by atoms with Crippen molar-refractivity contribution in [1.29, 1.82) is 0 Å². The summed E-state index contributed by atoms with van der Waals surface area (Å²) in [5, 5.41) is 4.11. The molecule has 0 bridgehead atoms. The second kappa shape index (κ2) is 6.27. The molecule has 0 saturated heterocycles. The van der Waals surface area contributed by atoms with Gasteiger partial charge in [-0.15, -0.1) is 22.7 Å². The molecule has 0 radical (unpaired) electrons. The number of anilines is 1. The molecule has 25 heavy (non-hydrogen) atoms. The number of benzene rings is 2. The summed E-state index contributed by atoms with van der Waals surface area (Å²) in [5.41, 5.74) is 3.51. The number of nitrogens with one attached hydrogen (secondary N) is 1. The van der Waals surface area contributed by atoms with Crippen molar-refractivity contribution in [3.63, 3.8) is 0 Å². The van der Waals surface area contributed by atoms with Crippen LogP contribution in [0.1, 0.15) is 20.7 Å². The number of ether oxygens (including phenoxy) is 1. The third-order valence-electron chi connectivity index (χ3n) is 3.81. The summed E-state index contributed by atoms with van der Waals surface area (Å²) < 4.78 is 6.74. The van der Waals surface area contributed by atoms with E-state index in [2.05, 4.69) is 10.3 Å². The van der Waals surface area contributed by atoms with Gasteiger partial charge in [0.05, 0.1) is 22.8 Å². The van der Waals surface area contributed by atoms with Crippen molar-refractivity contribution in [3.05, 3.63) is 59.1 Å².